The van der Waals surface area contributed by atoms with Crippen LogP contribution in [-0.2, 0) is 13.1 Å². The number of aromatic nitrogens is 1. The van der Waals surface area contributed by atoms with Gasteiger partial charge in [0, 0.05) is 35.2 Å². The van der Waals surface area contributed by atoms with Crippen molar-refractivity contribution >= 4 is 16.8 Å². The Morgan fingerprint density at radius 1 is 1.00 bits per heavy atom. The van der Waals surface area contributed by atoms with Crippen molar-refractivity contribution in [1.29, 1.82) is 0 Å². The average Bonchev–Trinajstić information content (AvgIpc) is 3.26. The lowest BCUT2D eigenvalue weighted by molar-refractivity contribution is 0.0966. The van der Waals surface area contributed by atoms with Crippen molar-refractivity contribution in [2.75, 3.05) is 13.1 Å². The quantitative estimate of drug-likeness (QED) is 0.752. The standard InChI is InChI=1S/C22H23N3O/c26-22-21-16(13-23-22)5-4-6-18(21)20-12-17-11-15(7-8-19(17)24-20)14-25-9-2-1-3-10-25/h4-8,11-12,24H,1-3,9-10,13-14H2,(H,23,26). The zero-order chi connectivity index (χ0) is 17.5. The normalized spacial score (nSPS) is 17.5. The van der Waals surface area contributed by atoms with E-state index in [1.807, 2.05) is 18.2 Å². The molecule has 3 aromatic rings. The minimum Gasteiger partial charge on any atom is -0.355 e. The summed E-state index contributed by atoms with van der Waals surface area (Å²) in [4.78, 5) is 18.3. The number of hydrogen-bond acceptors (Lipinski definition) is 2. The maximum absolute atomic E-state index is 12.2. The molecule has 1 aromatic heterocycles. The third kappa shape index (κ3) is 2.71. The zero-order valence-corrected chi connectivity index (χ0v) is 14.8. The Labute approximate surface area is 153 Å². The first-order valence-electron chi connectivity index (χ1n) is 9.52. The molecule has 0 aliphatic carbocycles. The Balaban J connectivity index is 1.49. The summed E-state index contributed by atoms with van der Waals surface area (Å²) >= 11 is 0. The van der Waals surface area contributed by atoms with E-state index in [0.29, 0.717) is 6.54 Å². The highest BCUT2D eigenvalue weighted by atomic mass is 16.1. The van der Waals surface area contributed by atoms with Crippen LogP contribution in [0.2, 0.25) is 0 Å². The zero-order valence-electron chi connectivity index (χ0n) is 14.8. The number of H-pyrrole nitrogens is 1. The summed E-state index contributed by atoms with van der Waals surface area (Å²) in [7, 11) is 0. The monoisotopic (exact) mass is 345 g/mol. The number of amides is 1. The lowest BCUT2D eigenvalue weighted by Gasteiger charge is -2.26. The van der Waals surface area contributed by atoms with Gasteiger partial charge in [-0.25, -0.2) is 0 Å². The Morgan fingerprint density at radius 3 is 2.77 bits per heavy atom. The predicted octanol–water partition coefficient (Wildman–Crippen LogP) is 4.06. The van der Waals surface area contributed by atoms with Crippen LogP contribution in [0.25, 0.3) is 22.2 Å². The van der Waals surface area contributed by atoms with Crippen molar-refractivity contribution < 1.29 is 4.79 Å². The molecule has 2 N–H and O–H groups in total. The molecule has 132 valence electrons. The third-order valence-corrected chi connectivity index (χ3v) is 5.65. The molecule has 0 spiro atoms. The Kier molecular flexibility index (Phi) is 3.79. The number of carbonyl (C=O) groups is 1. The number of nitrogens with one attached hydrogen (secondary N) is 2. The van der Waals surface area contributed by atoms with Crippen LogP contribution < -0.4 is 5.32 Å². The molecule has 2 aliphatic heterocycles. The van der Waals surface area contributed by atoms with Crippen LogP contribution in [0.15, 0.2) is 42.5 Å². The van der Waals surface area contributed by atoms with Crippen LogP contribution in [0.5, 0.6) is 0 Å². The molecule has 1 fully saturated rings. The van der Waals surface area contributed by atoms with E-state index in [4.69, 9.17) is 0 Å². The van der Waals surface area contributed by atoms with E-state index in [1.54, 1.807) is 0 Å². The summed E-state index contributed by atoms with van der Waals surface area (Å²) in [6.07, 6.45) is 4.00. The smallest absolute Gasteiger partial charge is 0.252 e. The first-order valence-corrected chi connectivity index (χ1v) is 9.52. The lowest BCUT2D eigenvalue weighted by atomic mass is 10.0. The summed E-state index contributed by atoms with van der Waals surface area (Å²) in [5, 5.41) is 4.14. The van der Waals surface area contributed by atoms with E-state index in [-0.39, 0.29) is 5.91 Å². The van der Waals surface area contributed by atoms with Crippen molar-refractivity contribution in [2.24, 2.45) is 0 Å². The van der Waals surface area contributed by atoms with Crippen LogP contribution in [0.4, 0.5) is 0 Å². The first-order chi connectivity index (χ1) is 12.8. The molecule has 0 radical (unpaired) electrons. The molecule has 0 bridgehead atoms. The minimum absolute atomic E-state index is 0.0278. The molecule has 1 saturated heterocycles. The van der Waals surface area contributed by atoms with Gasteiger partial charge in [0.15, 0.2) is 0 Å². The number of likely N-dealkylation sites (tertiary alicyclic amines) is 1. The van der Waals surface area contributed by atoms with Crippen molar-refractivity contribution in [3.63, 3.8) is 0 Å². The Bertz CT molecular complexity index is 982. The predicted molar refractivity (Wildman–Crippen MR) is 104 cm³/mol. The fourth-order valence-electron chi connectivity index (χ4n) is 4.31. The molecule has 2 aliphatic rings. The van der Waals surface area contributed by atoms with Crippen LogP contribution in [-0.4, -0.2) is 28.9 Å². The Morgan fingerprint density at radius 2 is 1.88 bits per heavy atom. The highest BCUT2D eigenvalue weighted by molar-refractivity contribution is 6.05. The molecule has 4 heteroatoms. The van der Waals surface area contributed by atoms with Crippen LogP contribution in [0.1, 0.15) is 40.7 Å². The highest BCUT2D eigenvalue weighted by Gasteiger charge is 2.23. The maximum Gasteiger partial charge on any atom is 0.252 e. The number of nitrogens with zero attached hydrogens (tertiary/aromatic N) is 1. The van der Waals surface area contributed by atoms with Crippen LogP contribution >= 0.6 is 0 Å². The molecule has 5 rings (SSSR count). The largest absolute Gasteiger partial charge is 0.355 e. The SMILES string of the molecule is O=C1NCc2cccc(-c3cc4cc(CN5CCCCC5)ccc4[nH]3)c21. The van der Waals surface area contributed by atoms with Gasteiger partial charge in [0.25, 0.3) is 5.91 Å². The van der Waals surface area contributed by atoms with Crippen LogP contribution in [0.3, 0.4) is 0 Å². The van der Waals surface area contributed by atoms with E-state index < -0.39 is 0 Å². The average molecular weight is 345 g/mol. The second kappa shape index (κ2) is 6.29. The van der Waals surface area contributed by atoms with Crippen molar-refractivity contribution in [1.82, 2.24) is 15.2 Å². The van der Waals surface area contributed by atoms with Crippen LogP contribution in [0, 0.1) is 0 Å². The number of rotatable bonds is 3. The lowest BCUT2D eigenvalue weighted by Crippen LogP contribution is -2.28. The van der Waals surface area contributed by atoms with Crippen molar-refractivity contribution in [3.05, 3.63) is 59.2 Å². The minimum atomic E-state index is 0.0278. The summed E-state index contributed by atoms with van der Waals surface area (Å²) in [5.74, 6) is 0.0278. The molecule has 0 atom stereocenters. The number of hydrogen-bond donors (Lipinski definition) is 2. The summed E-state index contributed by atoms with van der Waals surface area (Å²) < 4.78 is 0. The summed E-state index contributed by atoms with van der Waals surface area (Å²) in [6, 6.07) is 14.9. The molecular formula is C22H23N3O. The number of aromatic amines is 1. The van der Waals surface area contributed by atoms with Gasteiger partial charge < -0.3 is 10.3 Å². The van der Waals surface area contributed by atoms with Gasteiger partial charge in [0.05, 0.1) is 5.56 Å². The molecule has 0 saturated carbocycles. The molecule has 4 nitrogen and oxygen atoms in total. The van der Waals surface area contributed by atoms with E-state index in [0.717, 1.165) is 34.4 Å². The number of piperidine rings is 1. The second-order valence-electron chi connectivity index (χ2n) is 7.46. The third-order valence-electron chi connectivity index (χ3n) is 5.65. The Hall–Kier alpha value is -2.59. The van der Waals surface area contributed by atoms with E-state index in [2.05, 4.69) is 39.5 Å². The second-order valence-corrected chi connectivity index (χ2v) is 7.46. The molecule has 3 heterocycles. The van der Waals surface area contributed by atoms with E-state index in [9.17, 15) is 4.79 Å². The molecule has 2 aromatic carbocycles. The van der Waals surface area contributed by atoms with Gasteiger partial charge in [-0.1, -0.05) is 30.7 Å². The topological polar surface area (TPSA) is 48.1 Å². The van der Waals surface area contributed by atoms with Crippen molar-refractivity contribution in [2.45, 2.75) is 32.4 Å². The molecule has 26 heavy (non-hydrogen) atoms. The highest BCUT2D eigenvalue weighted by Crippen LogP contribution is 2.31. The van der Waals surface area contributed by atoms with Crippen molar-refractivity contribution in [3.8, 4) is 11.3 Å². The van der Waals surface area contributed by atoms with E-state index >= 15 is 0 Å². The fourth-order valence-corrected chi connectivity index (χ4v) is 4.31. The summed E-state index contributed by atoms with van der Waals surface area (Å²) in [6.45, 7) is 4.07. The van der Waals surface area contributed by atoms with Gasteiger partial charge in [-0.15, -0.1) is 0 Å². The number of benzene rings is 2. The maximum atomic E-state index is 12.2. The number of fused-ring (bicyclic) bond motifs is 2. The fraction of sp³-hybridized carbons (Fsp3) is 0.318. The molecule has 1 amide bonds. The molecular weight excluding hydrogens is 322 g/mol. The molecule has 0 unspecified atom stereocenters. The van der Waals surface area contributed by atoms with E-state index in [1.165, 1.54) is 43.3 Å². The van der Waals surface area contributed by atoms with Gasteiger partial charge in [0.1, 0.15) is 0 Å². The van der Waals surface area contributed by atoms with Gasteiger partial charge in [-0.3, -0.25) is 9.69 Å². The van der Waals surface area contributed by atoms with Gasteiger partial charge in [-0.05, 0) is 55.3 Å². The number of carbonyl (C=O) groups excluding carboxylic acids is 1. The van der Waals surface area contributed by atoms with Gasteiger partial charge >= 0.3 is 0 Å². The first kappa shape index (κ1) is 15.6. The van der Waals surface area contributed by atoms with Gasteiger partial charge in [0.2, 0.25) is 0 Å². The summed E-state index contributed by atoms with van der Waals surface area (Å²) in [5.41, 5.74) is 6.39. The van der Waals surface area contributed by atoms with Gasteiger partial charge in [-0.2, -0.15) is 0 Å².